The van der Waals surface area contributed by atoms with Crippen molar-refractivity contribution in [3.8, 4) is 0 Å². The minimum atomic E-state index is -0.453. The fraction of sp³-hybridized carbons (Fsp3) is 0.714. The first-order valence-corrected chi connectivity index (χ1v) is 6.89. The third-order valence-electron chi connectivity index (χ3n) is 4.17. The van der Waals surface area contributed by atoms with Crippen LogP contribution in [0.15, 0.2) is 6.20 Å². The second kappa shape index (κ2) is 5.33. The van der Waals surface area contributed by atoms with E-state index in [4.69, 9.17) is 0 Å². The van der Waals surface area contributed by atoms with Crippen molar-refractivity contribution >= 4 is 5.91 Å². The molecule has 0 atom stereocenters. The van der Waals surface area contributed by atoms with Gasteiger partial charge in [-0.15, -0.1) is 0 Å². The summed E-state index contributed by atoms with van der Waals surface area (Å²) in [5, 5.41) is 16.9. The summed E-state index contributed by atoms with van der Waals surface area (Å²) in [5.74, 6) is 0.547. The number of amides is 1. The molecule has 1 fully saturated rings. The zero-order valence-electron chi connectivity index (χ0n) is 11.9. The highest BCUT2D eigenvalue weighted by molar-refractivity contribution is 5.95. The number of hydrogen-bond donors (Lipinski definition) is 2. The third kappa shape index (κ3) is 2.97. The first-order valence-electron chi connectivity index (χ1n) is 6.89. The lowest BCUT2D eigenvalue weighted by molar-refractivity contribution is 0.0716. The van der Waals surface area contributed by atoms with Gasteiger partial charge in [-0.1, -0.05) is 6.92 Å². The molecule has 1 aromatic heterocycles. The highest BCUT2D eigenvalue weighted by Gasteiger charge is 2.35. The van der Waals surface area contributed by atoms with Crippen molar-refractivity contribution in [3.05, 3.63) is 17.5 Å². The number of carbonyl (C=O) groups is 1. The van der Waals surface area contributed by atoms with Crippen LogP contribution in [0.5, 0.6) is 0 Å². The normalized spacial score (nSPS) is 27.3. The predicted molar refractivity (Wildman–Crippen MR) is 72.9 cm³/mol. The van der Waals surface area contributed by atoms with Gasteiger partial charge in [0.1, 0.15) is 0 Å². The summed E-state index contributed by atoms with van der Waals surface area (Å²) < 4.78 is 1.64. The molecule has 0 unspecified atom stereocenters. The molecule has 1 aliphatic carbocycles. The Bertz CT molecular complexity index is 459. The number of aromatic nitrogens is 2. The lowest BCUT2D eigenvalue weighted by atomic mass is 9.77. The van der Waals surface area contributed by atoms with Crippen LogP contribution in [-0.4, -0.2) is 32.9 Å². The SMILES string of the molecule is Cc1nn(C)cc1C(=O)NC1(CO)CCC(C)CC1. The molecule has 5 nitrogen and oxygen atoms in total. The fourth-order valence-electron chi connectivity index (χ4n) is 2.77. The second-order valence-corrected chi connectivity index (χ2v) is 5.88. The lowest BCUT2D eigenvalue weighted by Gasteiger charge is -2.38. The van der Waals surface area contributed by atoms with Crippen LogP contribution < -0.4 is 5.32 Å². The summed E-state index contributed by atoms with van der Waals surface area (Å²) in [6, 6.07) is 0. The van der Waals surface area contributed by atoms with Gasteiger partial charge in [-0.25, -0.2) is 0 Å². The molecule has 1 amide bonds. The zero-order valence-corrected chi connectivity index (χ0v) is 11.9. The van der Waals surface area contributed by atoms with Crippen molar-refractivity contribution in [3.63, 3.8) is 0 Å². The van der Waals surface area contributed by atoms with Crippen LogP contribution in [0, 0.1) is 12.8 Å². The number of nitrogens with zero attached hydrogens (tertiary/aromatic N) is 2. The Morgan fingerprint density at radius 3 is 2.68 bits per heavy atom. The van der Waals surface area contributed by atoms with E-state index in [1.165, 1.54) is 0 Å². The Balaban J connectivity index is 2.10. The Morgan fingerprint density at radius 1 is 1.58 bits per heavy atom. The van der Waals surface area contributed by atoms with Crippen LogP contribution in [-0.2, 0) is 7.05 Å². The Morgan fingerprint density at radius 2 is 2.21 bits per heavy atom. The van der Waals surface area contributed by atoms with E-state index in [9.17, 15) is 9.90 Å². The number of aryl methyl sites for hydroxylation is 2. The molecule has 5 heteroatoms. The van der Waals surface area contributed by atoms with E-state index in [-0.39, 0.29) is 12.5 Å². The topological polar surface area (TPSA) is 67.2 Å². The maximum Gasteiger partial charge on any atom is 0.255 e. The molecular formula is C14H23N3O2. The third-order valence-corrected chi connectivity index (χ3v) is 4.17. The lowest BCUT2D eigenvalue weighted by Crippen LogP contribution is -2.53. The molecule has 0 aromatic carbocycles. The van der Waals surface area contributed by atoms with Crippen molar-refractivity contribution in [2.75, 3.05) is 6.61 Å². The van der Waals surface area contributed by atoms with Crippen molar-refractivity contribution < 1.29 is 9.90 Å². The minimum absolute atomic E-state index is 0.00473. The summed E-state index contributed by atoms with van der Waals surface area (Å²) in [7, 11) is 1.80. The van der Waals surface area contributed by atoms with Crippen LogP contribution in [0.2, 0.25) is 0 Å². The maximum absolute atomic E-state index is 12.3. The summed E-state index contributed by atoms with van der Waals surface area (Å²) in [6.07, 6.45) is 5.51. The number of hydrogen-bond acceptors (Lipinski definition) is 3. The Hall–Kier alpha value is -1.36. The van der Waals surface area contributed by atoms with Gasteiger partial charge in [0.15, 0.2) is 0 Å². The van der Waals surface area contributed by atoms with Gasteiger partial charge in [0.25, 0.3) is 5.91 Å². The predicted octanol–water partition coefficient (Wildman–Crippen LogP) is 1.40. The molecule has 0 spiro atoms. The summed E-state index contributed by atoms with van der Waals surface area (Å²) >= 11 is 0. The molecule has 0 bridgehead atoms. The molecule has 2 N–H and O–H groups in total. The fourth-order valence-corrected chi connectivity index (χ4v) is 2.77. The second-order valence-electron chi connectivity index (χ2n) is 5.88. The van der Waals surface area contributed by atoms with Gasteiger partial charge >= 0.3 is 0 Å². The molecule has 0 aliphatic heterocycles. The average Bonchev–Trinajstić information content (AvgIpc) is 2.72. The van der Waals surface area contributed by atoms with Gasteiger partial charge in [0, 0.05) is 13.2 Å². The largest absolute Gasteiger partial charge is 0.394 e. The van der Waals surface area contributed by atoms with Gasteiger partial charge in [-0.3, -0.25) is 9.48 Å². The molecule has 106 valence electrons. The highest BCUT2D eigenvalue weighted by atomic mass is 16.3. The molecule has 1 aromatic rings. The number of aliphatic hydroxyl groups excluding tert-OH is 1. The van der Waals surface area contributed by atoms with Crippen LogP contribution in [0.4, 0.5) is 0 Å². The van der Waals surface area contributed by atoms with Crippen LogP contribution in [0.3, 0.4) is 0 Å². The number of carbonyl (C=O) groups excluding carboxylic acids is 1. The first kappa shape index (κ1) is 14.1. The quantitative estimate of drug-likeness (QED) is 0.868. The van der Waals surface area contributed by atoms with Crippen molar-refractivity contribution in [2.45, 2.75) is 45.1 Å². The zero-order chi connectivity index (χ0) is 14.0. The van der Waals surface area contributed by atoms with E-state index in [0.29, 0.717) is 11.5 Å². The van der Waals surface area contributed by atoms with E-state index in [1.807, 2.05) is 6.92 Å². The van der Waals surface area contributed by atoms with Gasteiger partial charge in [-0.2, -0.15) is 5.10 Å². The van der Waals surface area contributed by atoms with E-state index in [2.05, 4.69) is 17.3 Å². The van der Waals surface area contributed by atoms with Crippen molar-refractivity contribution in [2.24, 2.45) is 13.0 Å². The Kier molecular flexibility index (Phi) is 3.94. The monoisotopic (exact) mass is 265 g/mol. The maximum atomic E-state index is 12.3. The standard InChI is InChI=1S/C14H23N3O2/c1-10-4-6-14(9-18,7-5-10)15-13(19)12-8-17(3)16-11(12)2/h8,10,18H,4-7,9H2,1-3H3,(H,15,19). The van der Waals surface area contributed by atoms with E-state index < -0.39 is 5.54 Å². The van der Waals surface area contributed by atoms with Crippen LogP contribution in [0.25, 0.3) is 0 Å². The molecular weight excluding hydrogens is 242 g/mol. The van der Waals surface area contributed by atoms with Crippen molar-refractivity contribution in [1.82, 2.24) is 15.1 Å². The Labute approximate surface area is 114 Å². The van der Waals surface area contributed by atoms with Gasteiger partial charge in [0.05, 0.1) is 23.4 Å². The number of aliphatic hydroxyl groups is 1. The van der Waals surface area contributed by atoms with E-state index in [1.54, 1.807) is 17.9 Å². The molecule has 1 heterocycles. The average molecular weight is 265 g/mol. The summed E-state index contributed by atoms with van der Waals surface area (Å²) in [5.41, 5.74) is 0.859. The van der Waals surface area contributed by atoms with E-state index in [0.717, 1.165) is 31.4 Å². The van der Waals surface area contributed by atoms with Gasteiger partial charge in [0.2, 0.25) is 0 Å². The molecule has 1 aliphatic rings. The van der Waals surface area contributed by atoms with Crippen molar-refractivity contribution in [1.29, 1.82) is 0 Å². The van der Waals surface area contributed by atoms with Gasteiger partial charge in [-0.05, 0) is 38.5 Å². The number of nitrogens with one attached hydrogen (secondary N) is 1. The first-order chi connectivity index (χ1) is 8.96. The van der Waals surface area contributed by atoms with Gasteiger partial charge < -0.3 is 10.4 Å². The molecule has 0 saturated heterocycles. The molecule has 2 rings (SSSR count). The minimum Gasteiger partial charge on any atom is -0.394 e. The molecule has 0 radical (unpaired) electrons. The molecule has 1 saturated carbocycles. The summed E-state index contributed by atoms with van der Waals surface area (Å²) in [6.45, 7) is 4.04. The number of rotatable bonds is 3. The highest BCUT2D eigenvalue weighted by Crippen LogP contribution is 2.31. The van der Waals surface area contributed by atoms with Crippen LogP contribution >= 0.6 is 0 Å². The van der Waals surface area contributed by atoms with Crippen LogP contribution in [0.1, 0.15) is 48.7 Å². The summed E-state index contributed by atoms with van der Waals surface area (Å²) in [4.78, 5) is 12.3. The molecule has 19 heavy (non-hydrogen) atoms. The van der Waals surface area contributed by atoms with E-state index >= 15 is 0 Å². The smallest absolute Gasteiger partial charge is 0.255 e.